The summed E-state index contributed by atoms with van der Waals surface area (Å²) in [5, 5.41) is 2.97. The molecule has 3 aromatic carbocycles. The van der Waals surface area contributed by atoms with Crippen LogP contribution in [0.3, 0.4) is 0 Å². The van der Waals surface area contributed by atoms with E-state index in [4.69, 9.17) is 0 Å². The molecule has 3 nitrogen and oxygen atoms in total. The van der Waals surface area contributed by atoms with Gasteiger partial charge in [0.05, 0.1) is 5.56 Å². The molecule has 1 N–H and O–H groups in total. The SMILES string of the molecule is CC(C)(C)CN1CCc2cc(NC(=O)c3ccccc3-c3ccc(C(F)(F)F)cc3)ccc2C1. The number of halogens is 3. The number of nitrogens with one attached hydrogen (secondary N) is 1. The second kappa shape index (κ2) is 9.26. The highest BCUT2D eigenvalue weighted by atomic mass is 19.4. The Morgan fingerprint density at radius 1 is 0.941 bits per heavy atom. The van der Waals surface area contributed by atoms with Gasteiger partial charge in [-0.1, -0.05) is 57.2 Å². The maximum atomic E-state index is 13.1. The van der Waals surface area contributed by atoms with Gasteiger partial charge < -0.3 is 5.32 Å². The van der Waals surface area contributed by atoms with Crippen LogP contribution in [0.2, 0.25) is 0 Å². The Morgan fingerprint density at radius 2 is 1.65 bits per heavy atom. The summed E-state index contributed by atoms with van der Waals surface area (Å²) >= 11 is 0. The average molecular weight is 467 g/mol. The van der Waals surface area contributed by atoms with Crippen LogP contribution in [0.25, 0.3) is 11.1 Å². The largest absolute Gasteiger partial charge is 0.416 e. The van der Waals surface area contributed by atoms with E-state index in [0.717, 1.165) is 43.9 Å². The number of amides is 1. The van der Waals surface area contributed by atoms with Gasteiger partial charge in [-0.15, -0.1) is 0 Å². The maximum absolute atomic E-state index is 13.1. The number of benzene rings is 3. The van der Waals surface area contributed by atoms with Gasteiger partial charge in [0.25, 0.3) is 5.91 Å². The number of fused-ring (bicyclic) bond motifs is 1. The lowest BCUT2D eigenvalue weighted by atomic mass is 9.93. The Kier molecular flexibility index (Phi) is 6.54. The lowest BCUT2D eigenvalue weighted by Crippen LogP contribution is -2.36. The Bertz CT molecular complexity index is 1180. The third kappa shape index (κ3) is 5.68. The number of carbonyl (C=O) groups excluding carboxylic acids is 1. The van der Waals surface area contributed by atoms with Crippen LogP contribution >= 0.6 is 0 Å². The number of hydrogen-bond donors (Lipinski definition) is 1. The average Bonchev–Trinajstić information content (AvgIpc) is 2.77. The molecular formula is C28H29F3N2O. The molecule has 1 aliphatic rings. The molecule has 0 aliphatic carbocycles. The molecule has 4 rings (SSSR count). The topological polar surface area (TPSA) is 32.3 Å². The lowest BCUT2D eigenvalue weighted by molar-refractivity contribution is -0.137. The van der Waals surface area contributed by atoms with E-state index in [1.807, 2.05) is 12.1 Å². The zero-order valence-electron chi connectivity index (χ0n) is 19.7. The Balaban J connectivity index is 1.51. The van der Waals surface area contributed by atoms with Crippen molar-refractivity contribution in [1.82, 2.24) is 4.90 Å². The van der Waals surface area contributed by atoms with Crippen molar-refractivity contribution in [2.75, 3.05) is 18.4 Å². The van der Waals surface area contributed by atoms with E-state index in [-0.39, 0.29) is 11.3 Å². The highest BCUT2D eigenvalue weighted by Crippen LogP contribution is 2.32. The van der Waals surface area contributed by atoms with Crippen LogP contribution in [0, 0.1) is 5.41 Å². The number of anilines is 1. The summed E-state index contributed by atoms with van der Waals surface area (Å²) in [5.74, 6) is -0.291. The van der Waals surface area contributed by atoms with Gasteiger partial charge in [0.15, 0.2) is 0 Å². The van der Waals surface area contributed by atoms with Crippen LogP contribution in [0.1, 0.15) is 47.8 Å². The summed E-state index contributed by atoms with van der Waals surface area (Å²) in [4.78, 5) is 15.6. The molecule has 1 aliphatic heterocycles. The third-order valence-electron chi connectivity index (χ3n) is 5.95. The predicted octanol–water partition coefficient (Wildman–Crippen LogP) is 7.03. The first kappa shape index (κ1) is 24.0. The molecule has 1 amide bonds. The second-order valence-electron chi connectivity index (χ2n) is 10.1. The molecule has 0 aromatic heterocycles. The summed E-state index contributed by atoms with van der Waals surface area (Å²) in [7, 11) is 0. The van der Waals surface area contributed by atoms with Crippen molar-refractivity contribution < 1.29 is 18.0 Å². The van der Waals surface area contributed by atoms with Gasteiger partial charge in [0.1, 0.15) is 0 Å². The molecular weight excluding hydrogens is 437 g/mol. The van der Waals surface area contributed by atoms with Crippen molar-refractivity contribution in [2.24, 2.45) is 5.41 Å². The van der Waals surface area contributed by atoms with Crippen LogP contribution < -0.4 is 5.32 Å². The van der Waals surface area contributed by atoms with E-state index in [2.05, 4.69) is 37.1 Å². The zero-order valence-corrected chi connectivity index (χ0v) is 19.7. The van der Waals surface area contributed by atoms with Gasteiger partial charge in [0.2, 0.25) is 0 Å². The summed E-state index contributed by atoms with van der Waals surface area (Å²) in [6.07, 6.45) is -3.47. The number of carbonyl (C=O) groups is 1. The van der Waals surface area contributed by atoms with Crippen LogP contribution in [0.4, 0.5) is 18.9 Å². The molecule has 0 fully saturated rings. The minimum atomic E-state index is -4.40. The van der Waals surface area contributed by atoms with Crippen molar-refractivity contribution in [1.29, 1.82) is 0 Å². The molecule has 0 spiro atoms. The molecule has 0 unspecified atom stereocenters. The van der Waals surface area contributed by atoms with Gasteiger partial charge in [-0.3, -0.25) is 9.69 Å². The summed E-state index contributed by atoms with van der Waals surface area (Å²) in [5.41, 5.74) is 4.32. The third-order valence-corrected chi connectivity index (χ3v) is 5.95. The standard InChI is InChI=1S/C28H29F3N2O/c1-27(2,3)18-33-15-14-20-16-23(13-10-21(20)17-33)32-26(34)25-7-5-4-6-24(25)19-8-11-22(12-9-19)28(29,30)31/h4-13,16H,14-15,17-18H2,1-3H3,(H,32,34). The monoisotopic (exact) mass is 466 g/mol. The number of alkyl halides is 3. The van der Waals surface area contributed by atoms with E-state index in [1.165, 1.54) is 23.3 Å². The molecule has 178 valence electrons. The molecule has 1 heterocycles. The van der Waals surface area contributed by atoms with Gasteiger partial charge >= 0.3 is 6.18 Å². The van der Waals surface area contributed by atoms with E-state index >= 15 is 0 Å². The van der Waals surface area contributed by atoms with Crippen LogP contribution in [0.5, 0.6) is 0 Å². The molecule has 6 heteroatoms. The quantitative estimate of drug-likeness (QED) is 0.448. The highest BCUT2D eigenvalue weighted by Gasteiger charge is 2.30. The molecule has 3 aromatic rings. The fraction of sp³-hybridized carbons (Fsp3) is 0.321. The molecule has 0 atom stereocenters. The first-order chi connectivity index (χ1) is 16.0. The first-order valence-corrected chi connectivity index (χ1v) is 11.4. The van der Waals surface area contributed by atoms with Crippen LogP contribution in [0.15, 0.2) is 66.7 Å². The molecule has 0 saturated carbocycles. The van der Waals surface area contributed by atoms with Crippen molar-refractivity contribution >= 4 is 11.6 Å². The Labute approximate surface area is 198 Å². The number of rotatable bonds is 4. The van der Waals surface area contributed by atoms with E-state index < -0.39 is 11.7 Å². The normalized spacial score (nSPS) is 14.5. The second-order valence-corrected chi connectivity index (χ2v) is 10.1. The van der Waals surface area contributed by atoms with Crippen molar-refractivity contribution in [3.8, 4) is 11.1 Å². The summed E-state index contributed by atoms with van der Waals surface area (Å²) in [6, 6.07) is 17.8. The summed E-state index contributed by atoms with van der Waals surface area (Å²) in [6.45, 7) is 9.64. The minimum absolute atomic E-state index is 0.242. The zero-order chi connectivity index (χ0) is 24.5. The van der Waals surface area contributed by atoms with Gasteiger partial charge in [-0.25, -0.2) is 0 Å². The first-order valence-electron chi connectivity index (χ1n) is 11.4. The molecule has 0 saturated heterocycles. The fourth-order valence-corrected chi connectivity index (χ4v) is 4.47. The molecule has 34 heavy (non-hydrogen) atoms. The Hall–Kier alpha value is -3.12. The van der Waals surface area contributed by atoms with E-state index in [0.29, 0.717) is 16.7 Å². The van der Waals surface area contributed by atoms with Gasteiger partial charge in [-0.05, 0) is 64.4 Å². The molecule has 0 radical (unpaired) electrons. The number of nitrogens with zero attached hydrogens (tertiary/aromatic N) is 1. The lowest BCUT2D eigenvalue weighted by Gasteiger charge is -2.34. The van der Waals surface area contributed by atoms with Crippen LogP contribution in [-0.4, -0.2) is 23.9 Å². The predicted molar refractivity (Wildman–Crippen MR) is 130 cm³/mol. The smallest absolute Gasteiger partial charge is 0.322 e. The highest BCUT2D eigenvalue weighted by molar-refractivity contribution is 6.08. The van der Waals surface area contributed by atoms with E-state index in [9.17, 15) is 18.0 Å². The van der Waals surface area contributed by atoms with Gasteiger partial charge in [0, 0.05) is 30.9 Å². The van der Waals surface area contributed by atoms with Crippen molar-refractivity contribution in [3.63, 3.8) is 0 Å². The minimum Gasteiger partial charge on any atom is -0.322 e. The molecule has 0 bridgehead atoms. The Morgan fingerprint density at radius 3 is 2.32 bits per heavy atom. The van der Waals surface area contributed by atoms with E-state index in [1.54, 1.807) is 24.3 Å². The van der Waals surface area contributed by atoms with Crippen molar-refractivity contribution in [2.45, 2.75) is 39.9 Å². The fourth-order valence-electron chi connectivity index (χ4n) is 4.47. The van der Waals surface area contributed by atoms with Gasteiger partial charge in [-0.2, -0.15) is 13.2 Å². The maximum Gasteiger partial charge on any atom is 0.416 e. The van der Waals surface area contributed by atoms with Crippen molar-refractivity contribution in [3.05, 3.63) is 89.0 Å². The summed E-state index contributed by atoms with van der Waals surface area (Å²) < 4.78 is 38.8. The number of hydrogen-bond acceptors (Lipinski definition) is 2. The van der Waals surface area contributed by atoms with Crippen LogP contribution in [-0.2, 0) is 19.1 Å².